The van der Waals surface area contributed by atoms with E-state index in [0.717, 1.165) is 107 Å². The Hall–Kier alpha value is -0.780. The van der Waals surface area contributed by atoms with Crippen LogP contribution in [-0.4, -0.2) is 0 Å². The van der Waals surface area contributed by atoms with Gasteiger partial charge in [0.05, 0.1) is 0 Å². The molecule has 0 aromatic heterocycles. The number of fused-ring (bicyclic) bond motifs is 38. The maximum Gasteiger partial charge on any atom is -0.0128 e. The van der Waals surface area contributed by atoms with E-state index in [1.165, 1.54) is 89.8 Å². The molecule has 15 aliphatic carbocycles. The number of hydrogen-bond acceptors (Lipinski definition) is 0. The first-order chi connectivity index (χ1) is 27.7. The Kier molecular flexibility index (Phi) is 6.57. The van der Waals surface area contributed by atoms with E-state index in [1.807, 2.05) is 0 Å². The van der Waals surface area contributed by atoms with Gasteiger partial charge in [-0.1, -0.05) is 69.9 Å². The van der Waals surface area contributed by atoms with Crippen molar-refractivity contribution in [1.82, 2.24) is 0 Å². The van der Waals surface area contributed by atoms with Gasteiger partial charge in [0.2, 0.25) is 0 Å². The second-order valence-corrected chi connectivity index (χ2v) is 26.2. The van der Waals surface area contributed by atoms with E-state index >= 15 is 0 Å². The molecule has 15 fully saturated rings. The molecular formula is C56H76. The Morgan fingerprint density at radius 1 is 0.375 bits per heavy atom. The second kappa shape index (κ2) is 11.2. The SMILES string of the molecule is CCCC1C(C2CCC(C3C(CC)C4CC3C3C5CC(C6C7CC(C8CCCC87)C56)C43)C2)CC2C3CC(C12)C1C2CC(C4C5CC(c6ccccc6)C(C5)C24)C31. The van der Waals surface area contributed by atoms with Crippen molar-refractivity contribution < 1.29 is 0 Å². The number of benzene rings is 1. The van der Waals surface area contributed by atoms with Crippen LogP contribution >= 0.6 is 0 Å². The van der Waals surface area contributed by atoms with E-state index in [1.54, 1.807) is 102 Å². The lowest BCUT2D eigenvalue weighted by Gasteiger charge is -2.52. The molecule has 0 nitrogen and oxygen atoms in total. The van der Waals surface area contributed by atoms with Crippen molar-refractivity contribution in [2.75, 3.05) is 0 Å². The van der Waals surface area contributed by atoms with Crippen LogP contribution in [0.2, 0.25) is 0 Å². The lowest BCUT2D eigenvalue weighted by Crippen LogP contribution is -2.48. The predicted molar refractivity (Wildman–Crippen MR) is 224 cm³/mol. The molecule has 0 spiro atoms. The largest absolute Gasteiger partial charge is 0.0654 e. The summed E-state index contributed by atoms with van der Waals surface area (Å²) in [5, 5.41) is 0. The molecule has 15 aliphatic rings. The minimum Gasteiger partial charge on any atom is -0.0654 e. The molecular weight excluding hydrogens is 673 g/mol. The zero-order chi connectivity index (χ0) is 36.0. The van der Waals surface area contributed by atoms with E-state index in [4.69, 9.17) is 0 Å². The Morgan fingerprint density at radius 3 is 1.64 bits per heavy atom. The quantitative estimate of drug-likeness (QED) is 0.254. The van der Waals surface area contributed by atoms with Crippen LogP contribution in [-0.2, 0) is 0 Å². The normalized spacial score (nSPS) is 67.6. The highest BCUT2D eigenvalue weighted by Gasteiger charge is 2.77. The summed E-state index contributed by atoms with van der Waals surface area (Å²) in [5.74, 6) is 35.7. The molecule has 1 aromatic carbocycles. The smallest absolute Gasteiger partial charge is 0.0128 e. The highest BCUT2D eigenvalue weighted by molar-refractivity contribution is 5.30. The first-order valence-electron chi connectivity index (χ1n) is 26.7. The summed E-state index contributed by atoms with van der Waals surface area (Å²) in [6, 6.07) is 11.9. The molecule has 12 bridgehead atoms. The van der Waals surface area contributed by atoms with E-state index in [2.05, 4.69) is 44.2 Å². The fraction of sp³-hybridized carbons (Fsp3) is 0.893. The first kappa shape index (κ1) is 32.9. The highest BCUT2D eigenvalue weighted by Crippen LogP contribution is 2.83. The van der Waals surface area contributed by atoms with Crippen LogP contribution in [0.5, 0.6) is 0 Å². The fourth-order valence-electron chi connectivity index (χ4n) is 26.9. The summed E-state index contributed by atoms with van der Waals surface area (Å²) < 4.78 is 0. The molecule has 31 atom stereocenters. The molecule has 31 unspecified atom stereocenters. The van der Waals surface area contributed by atoms with E-state index in [-0.39, 0.29) is 0 Å². The van der Waals surface area contributed by atoms with Crippen molar-refractivity contribution in [2.45, 2.75) is 129 Å². The third kappa shape index (κ3) is 3.66. The monoisotopic (exact) mass is 749 g/mol. The minimum atomic E-state index is 0.900. The molecule has 0 saturated heterocycles. The van der Waals surface area contributed by atoms with E-state index in [9.17, 15) is 0 Å². The van der Waals surface area contributed by atoms with Crippen LogP contribution in [0.25, 0.3) is 0 Å². The van der Waals surface area contributed by atoms with Crippen LogP contribution in [0.4, 0.5) is 0 Å². The van der Waals surface area contributed by atoms with Crippen LogP contribution < -0.4 is 0 Å². The zero-order valence-corrected chi connectivity index (χ0v) is 35.3. The van der Waals surface area contributed by atoms with Crippen LogP contribution in [0.3, 0.4) is 0 Å². The zero-order valence-electron chi connectivity index (χ0n) is 35.3. The average molecular weight is 749 g/mol. The molecule has 0 heteroatoms. The van der Waals surface area contributed by atoms with E-state index in [0.29, 0.717) is 0 Å². The molecule has 0 N–H and O–H groups in total. The van der Waals surface area contributed by atoms with E-state index < -0.39 is 0 Å². The second-order valence-electron chi connectivity index (χ2n) is 26.2. The molecule has 15 saturated carbocycles. The van der Waals surface area contributed by atoms with Crippen molar-refractivity contribution in [3.63, 3.8) is 0 Å². The van der Waals surface area contributed by atoms with Crippen molar-refractivity contribution >= 4 is 0 Å². The van der Waals surface area contributed by atoms with Crippen LogP contribution in [0.1, 0.15) is 134 Å². The Morgan fingerprint density at radius 2 is 0.911 bits per heavy atom. The maximum atomic E-state index is 2.67. The number of rotatable bonds is 6. The molecule has 0 heterocycles. The molecule has 1 aromatic rings. The van der Waals surface area contributed by atoms with Gasteiger partial charge < -0.3 is 0 Å². The predicted octanol–water partition coefficient (Wildman–Crippen LogP) is 13.1. The standard InChI is InChI=1S/C56H76/c1-3-9-32-34(19-39-40-22-43(49(32)39)56-44-23-42(54(40)56)48-28-17-33(35(18-28)50(44)48)25-10-6-5-7-11-25)26-14-15-27(16-26)47-29(4-2)36-21-41(47)55-46-24-45(51(36)55)52-37-20-38(53(46)52)31-13-8-12-30(31)37/h5-7,10-11,26-56H,3-4,8-9,12-24H2,1-2H3. The lowest BCUT2D eigenvalue weighted by atomic mass is 9.53. The van der Waals surface area contributed by atoms with Gasteiger partial charge in [0.25, 0.3) is 0 Å². The number of hydrogen-bond donors (Lipinski definition) is 0. The Bertz CT molecular complexity index is 1780. The van der Waals surface area contributed by atoms with Gasteiger partial charge in [-0.25, -0.2) is 0 Å². The molecule has 0 radical (unpaired) electrons. The lowest BCUT2D eigenvalue weighted by molar-refractivity contribution is -0.0476. The highest BCUT2D eigenvalue weighted by atomic mass is 14.8. The summed E-state index contributed by atoms with van der Waals surface area (Å²) in [6.45, 7) is 5.26. The molecule has 0 aliphatic heterocycles. The minimum absolute atomic E-state index is 0.900. The van der Waals surface area contributed by atoms with Gasteiger partial charge in [0.15, 0.2) is 0 Å². The van der Waals surface area contributed by atoms with Gasteiger partial charge in [-0.3, -0.25) is 0 Å². The average Bonchev–Trinajstić information content (AvgIpc) is 4.06. The Labute approximate surface area is 341 Å². The van der Waals surface area contributed by atoms with Crippen molar-refractivity contribution in [3.8, 4) is 0 Å². The molecule has 16 rings (SSSR count). The van der Waals surface area contributed by atoms with Crippen molar-refractivity contribution in [1.29, 1.82) is 0 Å². The summed E-state index contributed by atoms with van der Waals surface area (Å²) in [5.41, 5.74) is 1.71. The van der Waals surface area contributed by atoms with Gasteiger partial charge in [-0.15, -0.1) is 0 Å². The topological polar surface area (TPSA) is 0 Å². The summed E-state index contributed by atoms with van der Waals surface area (Å²) in [7, 11) is 0. The third-order valence-corrected chi connectivity index (χ3v) is 26.5. The van der Waals surface area contributed by atoms with Crippen LogP contribution in [0.15, 0.2) is 30.3 Å². The van der Waals surface area contributed by atoms with Gasteiger partial charge in [-0.2, -0.15) is 0 Å². The summed E-state index contributed by atoms with van der Waals surface area (Å²) in [4.78, 5) is 0. The van der Waals surface area contributed by atoms with Gasteiger partial charge in [-0.05, 0) is 272 Å². The maximum absolute atomic E-state index is 2.67. The molecule has 0 amide bonds. The van der Waals surface area contributed by atoms with Gasteiger partial charge in [0, 0.05) is 0 Å². The summed E-state index contributed by atoms with van der Waals surface area (Å²) >= 11 is 0. The van der Waals surface area contributed by atoms with Crippen LogP contribution in [0, 0.1) is 178 Å². The Balaban J connectivity index is 0.654. The van der Waals surface area contributed by atoms with Gasteiger partial charge >= 0.3 is 0 Å². The summed E-state index contributed by atoms with van der Waals surface area (Å²) in [6.07, 6.45) is 27.9. The van der Waals surface area contributed by atoms with Crippen molar-refractivity contribution in [2.24, 2.45) is 178 Å². The molecule has 300 valence electrons. The first-order valence-corrected chi connectivity index (χ1v) is 26.7. The van der Waals surface area contributed by atoms with Crippen molar-refractivity contribution in [3.05, 3.63) is 35.9 Å². The fourth-order valence-corrected chi connectivity index (χ4v) is 26.9. The molecule has 56 heavy (non-hydrogen) atoms. The van der Waals surface area contributed by atoms with Gasteiger partial charge in [0.1, 0.15) is 0 Å². The third-order valence-electron chi connectivity index (χ3n) is 26.5.